The van der Waals surface area contributed by atoms with Gasteiger partial charge < -0.3 is 34.5 Å². The van der Waals surface area contributed by atoms with Crippen LogP contribution in [0.3, 0.4) is 0 Å². The minimum Gasteiger partial charge on any atom is -0.497 e. The molecular weight excluding hydrogens is 506 g/mol. The van der Waals surface area contributed by atoms with Crippen molar-refractivity contribution in [3.8, 4) is 11.5 Å². The van der Waals surface area contributed by atoms with Crippen molar-refractivity contribution in [1.82, 2.24) is 10.2 Å². The maximum Gasteiger partial charge on any atom is 0.408 e. The number of hydrogen-bond acceptors (Lipinski definition) is 8. The van der Waals surface area contributed by atoms with E-state index in [0.717, 1.165) is 11.1 Å². The van der Waals surface area contributed by atoms with E-state index in [4.69, 9.17) is 14.2 Å². The fraction of sp³-hybridized carbons (Fsp3) is 0.429. The number of ether oxygens (including phenoxy) is 4. The summed E-state index contributed by atoms with van der Waals surface area (Å²) in [6.45, 7) is 6.53. The Kier molecular flexibility index (Phi) is 9.39. The number of alkyl carbamates (subject to hydrolysis) is 1. The number of anilines is 1. The number of esters is 1. The molecule has 0 unspecified atom stereocenters. The summed E-state index contributed by atoms with van der Waals surface area (Å²) in [6.07, 6.45) is -0.502. The molecule has 0 aromatic heterocycles. The highest BCUT2D eigenvalue weighted by Gasteiger charge is 2.37. The summed E-state index contributed by atoms with van der Waals surface area (Å²) in [5, 5.41) is 5.42. The lowest BCUT2D eigenvalue weighted by Gasteiger charge is -2.37. The Morgan fingerprint density at radius 2 is 1.67 bits per heavy atom. The molecule has 0 saturated carbocycles. The lowest BCUT2D eigenvalue weighted by atomic mass is 9.92. The molecule has 1 heterocycles. The molecule has 0 radical (unpaired) electrons. The van der Waals surface area contributed by atoms with Crippen LogP contribution in [0, 0.1) is 0 Å². The van der Waals surface area contributed by atoms with Crippen LogP contribution in [-0.2, 0) is 36.8 Å². The van der Waals surface area contributed by atoms with Crippen molar-refractivity contribution in [2.45, 2.75) is 58.3 Å². The summed E-state index contributed by atoms with van der Waals surface area (Å²) >= 11 is 0. The van der Waals surface area contributed by atoms with Gasteiger partial charge in [0.2, 0.25) is 11.8 Å². The molecule has 1 aliphatic heterocycles. The number of nitrogens with zero attached hydrogens (tertiary/aromatic N) is 1. The summed E-state index contributed by atoms with van der Waals surface area (Å²) in [5.74, 6) is -0.296. The second-order valence-electron chi connectivity index (χ2n) is 10.1. The van der Waals surface area contributed by atoms with Gasteiger partial charge in [-0.2, -0.15) is 0 Å². The SMILES string of the molecule is COC(=O)COc1ccc2c(c1)CN(C(=O)[C@H](C)NC(=O)OC(C)(C)C)[C@H](C(=O)Nc1ccc(OC)cc1)C2. The second-order valence-corrected chi connectivity index (χ2v) is 10.1. The summed E-state index contributed by atoms with van der Waals surface area (Å²) in [4.78, 5) is 52.2. The van der Waals surface area contributed by atoms with E-state index >= 15 is 0 Å². The van der Waals surface area contributed by atoms with E-state index in [2.05, 4.69) is 15.4 Å². The Bertz CT molecular complexity index is 1210. The number of amides is 3. The third-order valence-corrected chi connectivity index (χ3v) is 5.94. The van der Waals surface area contributed by atoms with Gasteiger partial charge in [-0.1, -0.05) is 6.07 Å². The number of methoxy groups -OCH3 is 2. The minimum absolute atomic E-state index is 0.0879. The van der Waals surface area contributed by atoms with Crippen LogP contribution in [0.15, 0.2) is 42.5 Å². The predicted molar refractivity (Wildman–Crippen MR) is 142 cm³/mol. The zero-order chi connectivity index (χ0) is 28.7. The number of fused-ring (bicyclic) bond motifs is 1. The highest BCUT2D eigenvalue weighted by Crippen LogP contribution is 2.29. The van der Waals surface area contributed by atoms with E-state index in [1.807, 2.05) is 0 Å². The smallest absolute Gasteiger partial charge is 0.408 e. The van der Waals surface area contributed by atoms with Crippen molar-refractivity contribution in [3.05, 3.63) is 53.6 Å². The van der Waals surface area contributed by atoms with E-state index in [9.17, 15) is 19.2 Å². The van der Waals surface area contributed by atoms with E-state index in [1.165, 1.54) is 18.9 Å². The topological polar surface area (TPSA) is 132 Å². The van der Waals surface area contributed by atoms with Gasteiger partial charge in [-0.05, 0) is 75.2 Å². The molecule has 0 aliphatic carbocycles. The van der Waals surface area contributed by atoms with Crippen molar-refractivity contribution in [1.29, 1.82) is 0 Å². The number of carbonyl (C=O) groups is 4. The Hall–Kier alpha value is -4.28. The molecular formula is C28H35N3O8. The van der Waals surface area contributed by atoms with Gasteiger partial charge in [0.1, 0.15) is 29.2 Å². The number of benzene rings is 2. The summed E-state index contributed by atoms with van der Waals surface area (Å²) in [7, 11) is 2.82. The monoisotopic (exact) mass is 541 g/mol. The van der Waals surface area contributed by atoms with Gasteiger partial charge in [0, 0.05) is 18.7 Å². The third-order valence-electron chi connectivity index (χ3n) is 5.94. The maximum atomic E-state index is 13.6. The van der Waals surface area contributed by atoms with Crippen molar-refractivity contribution >= 4 is 29.6 Å². The number of rotatable bonds is 8. The van der Waals surface area contributed by atoms with Crippen LogP contribution < -0.4 is 20.1 Å². The van der Waals surface area contributed by atoms with E-state index in [1.54, 1.807) is 70.3 Å². The zero-order valence-electron chi connectivity index (χ0n) is 23.0. The molecule has 3 amide bonds. The molecule has 1 aliphatic rings. The molecule has 11 heteroatoms. The van der Waals surface area contributed by atoms with Gasteiger partial charge in [-0.15, -0.1) is 0 Å². The van der Waals surface area contributed by atoms with Crippen LogP contribution in [-0.4, -0.2) is 67.3 Å². The number of hydrogen-bond donors (Lipinski definition) is 2. The van der Waals surface area contributed by atoms with Gasteiger partial charge in [0.15, 0.2) is 6.61 Å². The fourth-order valence-electron chi connectivity index (χ4n) is 4.01. The maximum absolute atomic E-state index is 13.6. The van der Waals surface area contributed by atoms with Gasteiger partial charge in [-0.3, -0.25) is 9.59 Å². The minimum atomic E-state index is -0.962. The molecule has 2 N–H and O–H groups in total. The summed E-state index contributed by atoms with van der Waals surface area (Å²) < 4.78 is 20.6. The molecule has 2 aromatic carbocycles. The first-order valence-electron chi connectivity index (χ1n) is 12.5. The molecule has 2 atom stereocenters. The van der Waals surface area contributed by atoms with E-state index in [0.29, 0.717) is 17.2 Å². The standard InChI is InChI=1S/C28H35N3O8/c1-17(29-27(35)39-28(2,3)4)26(34)31-15-19-13-22(38-16-24(32)37-6)10-7-18(19)14-23(31)25(33)30-20-8-11-21(36-5)12-9-20/h7-13,17,23H,14-16H2,1-6H3,(H,29,35)(H,30,33)/t17-,23-/m0/s1. The molecule has 0 saturated heterocycles. The zero-order valence-corrected chi connectivity index (χ0v) is 23.0. The van der Waals surface area contributed by atoms with Gasteiger partial charge >= 0.3 is 12.1 Å². The van der Waals surface area contributed by atoms with Crippen molar-refractivity contribution in [2.75, 3.05) is 26.1 Å². The summed E-state index contributed by atoms with van der Waals surface area (Å²) in [6, 6.07) is 10.3. The molecule has 3 rings (SSSR count). The molecule has 0 bridgehead atoms. The van der Waals surface area contributed by atoms with Crippen LogP contribution in [0.1, 0.15) is 38.8 Å². The van der Waals surface area contributed by atoms with Crippen LogP contribution >= 0.6 is 0 Å². The fourth-order valence-corrected chi connectivity index (χ4v) is 4.01. The molecule has 0 fully saturated rings. The van der Waals surface area contributed by atoms with Crippen LogP contribution in [0.2, 0.25) is 0 Å². The Morgan fingerprint density at radius 3 is 2.28 bits per heavy atom. The average Bonchev–Trinajstić information content (AvgIpc) is 2.89. The van der Waals surface area contributed by atoms with Crippen molar-refractivity contribution < 1.29 is 38.1 Å². The first-order chi connectivity index (χ1) is 18.4. The number of nitrogens with one attached hydrogen (secondary N) is 2. The summed E-state index contributed by atoms with van der Waals surface area (Å²) in [5.41, 5.74) is 1.42. The van der Waals surface area contributed by atoms with E-state index in [-0.39, 0.29) is 25.5 Å². The molecule has 11 nitrogen and oxygen atoms in total. The van der Waals surface area contributed by atoms with Gasteiger partial charge in [0.25, 0.3) is 0 Å². The Balaban J connectivity index is 1.84. The Labute approximate surface area is 227 Å². The lowest BCUT2D eigenvalue weighted by Crippen LogP contribution is -2.56. The largest absolute Gasteiger partial charge is 0.497 e. The van der Waals surface area contributed by atoms with E-state index < -0.39 is 35.7 Å². The second kappa shape index (κ2) is 12.5. The molecule has 0 spiro atoms. The van der Waals surface area contributed by atoms with Crippen LogP contribution in [0.5, 0.6) is 11.5 Å². The first-order valence-corrected chi connectivity index (χ1v) is 12.5. The van der Waals surface area contributed by atoms with Gasteiger partial charge in [-0.25, -0.2) is 9.59 Å². The molecule has 2 aromatic rings. The highest BCUT2D eigenvalue weighted by atomic mass is 16.6. The van der Waals surface area contributed by atoms with Crippen LogP contribution in [0.4, 0.5) is 10.5 Å². The first kappa shape index (κ1) is 29.3. The Morgan fingerprint density at radius 1 is 1.00 bits per heavy atom. The predicted octanol–water partition coefficient (Wildman–Crippen LogP) is 3.05. The van der Waals surface area contributed by atoms with Crippen molar-refractivity contribution in [3.63, 3.8) is 0 Å². The highest BCUT2D eigenvalue weighted by molar-refractivity contribution is 5.98. The number of carbonyl (C=O) groups excluding carboxylic acids is 4. The average molecular weight is 542 g/mol. The molecule has 39 heavy (non-hydrogen) atoms. The van der Waals surface area contributed by atoms with Crippen LogP contribution in [0.25, 0.3) is 0 Å². The van der Waals surface area contributed by atoms with Crippen molar-refractivity contribution in [2.24, 2.45) is 0 Å². The van der Waals surface area contributed by atoms with Gasteiger partial charge in [0.05, 0.1) is 14.2 Å². The lowest BCUT2D eigenvalue weighted by molar-refractivity contribution is -0.142. The molecule has 210 valence electrons. The third kappa shape index (κ3) is 8.10. The quantitative estimate of drug-likeness (QED) is 0.488. The normalized spacial score (nSPS) is 15.3.